The molecule has 1 heterocycles. The first-order chi connectivity index (χ1) is 6.20. The maximum Gasteiger partial charge on any atom is 0.347 e. The molecule has 0 amide bonds. The van der Waals surface area contributed by atoms with Gasteiger partial charge in [-0.3, -0.25) is 0 Å². The van der Waals surface area contributed by atoms with E-state index in [1.54, 1.807) is 12.1 Å². The van der Waals surface area contributed by atoms with Crippen molar-refractivity contribution in [3.05, 3.63) is 30.3 Å². The summed E-state index contributed by atoms with van der Waals surface area (Å²) in [6, 6.07) is 4.57. The van der Waals surface area contributed by atoms with Crippen LogP contribution in [0, 0.1) is 5.95 Å². The van der Waals surface area contributed by atoms with Crippen LogP contribution in [0.5, 0.6) is 0 Å². The van der Waals surface area contributed by atoms with Crippen molar-refractivity contribution in [2.45, 2.75) is 26.5 Å². The third-order valence-corrected chi connectivity index (χ3v) is 1.51. The second kappa shape index (κ2) is 7.71. The van der Waals surface area contributed by atoms with Crippen LogP contribution in [0.4, 0.5) is 8.71 Å². The van der Waals surface area contributed by atoms with Gasteiger partial charge in [0.25, 0.3) is 0 Å². The molecular formula is C9H14BF2N. The van der Waals surface area contributed by atoms with E-state index < -0.39 is 12.9 Å². The van der Waals surface area contributed by atoms with Crippen molar-refractivity contribution < 1.29 is 8.71 Å². The van der Waals surface area contributed by atoms with E-state index in [9.17, 15) is 8.71 Å². The van der Waals surface area contributed by atoms with E-state index >= 15 is 0 Å². The molecule has 4 heteroatoms. The van der Waals surface area contributed by atoms with Crippen LogP contribution in [0.1, 0.15) is 13.8 Å². The van der Waals surface area contributed by atoms with Crippen molar-refractivity contribution in [2.75, 3.05) is 0 Å². The molecule has 0 aromatic carbocycles. The third-order valence-electron chi connectivity index (χ3n) is 1.51. The van der Waals surface area contributed by atoms with E-state index in [4.69, 9.17) is 0 Å². The summed E-state index contributed by atoms with van der Waals surface area (Å²) in [4.78, 5) is 3.31. The number of nitrogens with zero attached hydrogens (tertiary/aromatic N) is 1. The Morgan fingerprint density at radius 1 is 1.31 bits per heavy atom. The van der Waals surface area contributed by atoms with Crippen LogP contribution in [0.25, 0.3) is 0 Å². The molecule has 72 valence electrons. The molecular weight excluding hydrogens is 170 g/mol. The van der Waals surface area contributed by atoms with Gasteiger partial charge in [0.15, 0.2) is 0 Å². The van der Waals surface area contributed by atoms with Gasteiger partial charge < -0.3 is 4.32 Å². The summed E-state index contributed by atoms with van der Waals surface area (Å²) in [5.74, 6) is -0.428. The largest absolute Gasteiger partial charge is 0.347 e. The van der Waals surface area contributed by atoms with Gasteiger partial charge in [-0.25, -0.2) is 4.98 Å². The molecule has 1 aromatic rings. The zero-order chi connectivity index (χ0) is 10.1. The standard InChI is InChI=1S/C5H4FN.C4H10BF/c6-5-3-1-2-4-7-5;1-3-5(6)4-2/h1-4H;3-4H2,1-2H3/i6-1;. The van der Waals surface area contributed by atoms with Crippen LogP contribution in [0.15, 0.2) is 24.4 Å². The topological polar surface area (TPSA) is 12.9 Å². The first-order valence-electron chi connectivity index (χ1n) is 4.41. The Bertz CT molecular complexity index is 202. The molecule has 0 fully saturated rings. The highest BCUT2D eigenvalue weighted by molar-refractivity contribution is 6.50. The summed E-state index contributed by atoms with van der Waals surface area (Å²) < 4.78 is 23.7. The normalized spacial score (nSPS) is 8.62. The van der Waals surface area contributed by atoms with E-state index in [1.807, 2.05) is 13.8 Å². The Morgan fingerprint density at radius 2 is 1.92 bits per heavy atom. The third kappa shape index (κ3) is 7.44. The lowest BCUT2D eigenvalue weighted by molar-refractivity contribution is 0.584. The lowest BCUT2D eigenvalue weighted by atomic mass is 9.66. The van der Waals surface area contributed by atoms with Gasteiger partial charge in [-0.1, -0.05) is 19.9 Å². The summed E-state index contributed by atoms with van der Waals surface area (Å²) in [5.41, 5.74) is 0. The molecule has 0 N–H and O–H groups in total. The van der Waals surface area contributed by atoms with Gasteiger partial charge in [0.2, 0.25) is 5.95 Å². The van der Waals surface area contributed by atoms with E-state index in [0.29, 0.717) is 12.6 Å². The number of rotatable bonds is 2. The fourth-order valence-corrected chi connectivity index (χ4v) is 0.631. The average Bonchev–Trinajstić information content (AvgIpc) is 2.19. The molecule has 0 aliphatic heterocycles. The lowest BCUT2D eigenvalue weighted by Crippen LogP contribution is -1.97. The predicted octanol–water partition coefficient (Wildman–Crippen LogP) is 3.21. The molecule has 0 bridgehead atoms. The number of aromatic nitrogens is 1. The van der Waals surface area contributed by atoms with Gasteiger partial charge >= 0.3 is 6.99 Å². The van der Waals surface area contributed by atoms with Gasteiger partial charge in [-0.05, 0) is 24.8 Å². The highest BCUT2D eigenvalue weighted by atomic mass is 19.1. The molecule has 13 heavy (non-hydrogen) atoms. The highest BCUT2D eigenvalue weighted by Crippen LogP contribution is 1.96. The van der Waals surface area contributed by atoms with Gasteiger partial charge in [0, 0.05) is 6.20 Å². The minimum atomic E-state index is -0.565. The quantitative estimate of drug-likeness (QED) is 0.507. The number of hydrogen-bond acceptors (Lipinski definition) is 1. The zero-order valence-corrected chi connectivity index (χ0v) is 8.00. The Kier molecular flexibility index (Phi) is 7.16. The van der Waals surface area contributed by atoms with E-state index in [1.165, 1.54) is 12.3 Å². The minimum absolute atomic E-state index is 0.428. The van der Waals surface area contributed by atoms with Crippen molar-refractivity contribution in [3.63, 3.8) is 0 Å². The van der Waals surface area contributed by atoms with Gasteiger partial charge in [-0.15, -0.1) is 0 Å². The highest BCUT2D eigenvalue weighted by Gasteiger charge is 2.03. The fraction of sp³-hybridized carbons (Fsp3) is 0.444. The fourth-order valence-electron chi connectivity index (χ4n) is 0.631. The van der Waals surface area contributed by atoms with E-state index in [2.05, 4.69) is 4.98 Å². The van der Waals surface area contributed by atoms with Crippen molar-refractivity contribution in [2.24, 2.45) is 0 Å². The van der Waals surface area contributed by atoms with Crippen LogP contribution in [0.2, 0.25) is 12.6 Å². The Balaban J connectivity index is 0.000000226. The number of hydrogen-bond donors (Lipinski definition) is 0. The summed E-state index contributed by atoms with van der Waals surface area (Å²) in [5, 5.41) is 0. The summed E-state index contributed by atoms with van der Waals surface area (Å²) in [7, 11) is 0. The van der Waals surface area contributed by atoms with E-state index in [-0.39, 0.29) is 0 Å². The summed E-state index contributed by atoms with van der Waals surface area (Å²) >= 11 is 0. The molecule has 1 rings (SSSR count). The molecule has 0 radical (unpaired) electrons. The van der Waals surface area contributed by atoms with Gasteiger partial charge in [0.05, 0.1) is 0 Å². The second-order valence-corrected chi connectivity index (χ2v) is 2.57. The Hall–Kier alpha value is -0.925. The monoisotopic (exact) mass is 184 g/mol. The molecule has 1 nitrogen and oxygen atoms in total. The first-order valence-corrected chi connectivity index (χ1v) is 4.41. The Labute approximate surface area is 78.3 Å². The summed E-state index contributed by atoms with van der Waals surface area (Å²) in [6.45, 7) is 3.15. The Morgan fingerprint density at radius 3 is 2.08 bits per heavy atom. The minimum Gasteiger partial charge on any atom is -0.336 e. The maximum atomic E-state index is 11.9. The number of pyridine rings is 1. The van der Waals surface area contributed by atoms with E-state index in [0.717, 1.165) is 0 Å². The predicted molar refractivity (Wildman–Crippen MR) is 52.0 cm³/mol. The maximum absolute atomic E-state index is 11.9. The number of halogens is 2. The van der Waals surface area contributed by atoms with Crippen molar-refractivity contribution in [3.8, 4) is 0 Å². The molecule has 1 aromatic heterocycles. The van der Waals surface area contributed by atoms with Crippen molar-refractivity contribution >= 4 is 6.99 Å². The zero-order valence-electron chi connectivity index (χ0n) is 8.00. The van der Waals surface area contributed by atoms with Crippen molar-refractivity contribution in [1.29, 1.82) is 0 Å². The molecule has 0 unspecified atom stereocenters. The van der Waals surface area contributed by atoms with Gasteiger partial charge in [-0.2, -0.15) is 4.39 Å². The summed E-state index contributed by atoms with van der Waals surface area (Å²) in [6.07, 6.45) is 2.74. The van der Waals surface area contributed by atoms with Crippen LogP contribution < -0.4 is 0 Å². The van der Waals surface area contributed by atoms with Gasteiger partial charge in [0.1, 0.15) is 0 Å². The molecule has 0 atom stereocenters. The molecule has 0 spiro atoms. The van der Waals surface area contributed by atoms with Crippen LogP contribution >= 0.6 is 0 Å². The molecule has 0 aliphatic carbocycles. The van der Waals surface area contributed by atoms with Crippen LogP contribution in [-0.2, 0) is 0 Å². The SMILES string of the molecule is CCB(F)CC.[18F]c1ccccn1. The molecule has 0 saturated carbocycles. The van der Waals surface area contributed by atoms with Crippen molar-refractivity contribution in [1.82, 2.24) is 4.98 Å². The molecule has 0 saturated heterocycles. The molecule has 0 aliphatic rings. The second-order valence-electron chi connectivity index (χ2n) is 2.57. The first kappa shape index (κ1) is 12.1. The average molecular weight is 184 g/mol. The van der Waals surface area contributed by atoms with Crippen LogP contribution in [-0.4, -0.2) is 12.0 Å². The lowest BCUT2D eigenvalue weighted by Gasteiger charge is -1.87. The smallest absolute Gasteiger partial charge is 0.336 e. The van der Waals surface area contributed by atoms with Crippen LogP contribution in [0.3, 0.4) is 0 Å².